The molecule has 0 spiro atoms. The summed E-state index contributed by atoms with van der Waals surface area (Å²) in [7, 11) is 1.10. The number of hydrogen-bond donors (Lipinski definition) is 0. The van der Waals surface area contributed by atoms with Gasteiger partial charge >= 0.3 is 18.7 Å². The zero-order valence-corrected chi connectivity index (χ0v) is 6.31. The molecule has 7 nitrogen and oxygen atoms in total. The lowest BCUT2D eigenvalue weighted by Gasteiger charge is -1.97. The number of nitro groups is 1. The van der Waals surface area contributed by atoms with Crippen LogP contribution in [0.25, 0.3) is 0 Å². The predicted octanol–water partition coefficient (Wildman–Crippen LogP) is -0.673. The van der Waals surface area contributed by atoms with Crippen molar-refractivity contribution in [2.75, 3.05) is 13.8 Å². The van der Waals surface area contributed by atoms with E-state index >= 15 is 0 Å². The molecular formula is C5H7NO6. The summed E-state index contributed by atoms with van der Waals surface area (Å²) in [6.07, 6.45) is -0.607. The van der Waals surface area contributed by atoms with E-state index in [1.54, 1.807) is 0 Å². The minimum absolute atomic E-state index is 0.607. The van der Waals surface area contributed by atoms with E-state index in [0.717, 1.165) is 7.11 Å². The van der Waals surface area contributed by atoms with Crippen LogP contribution in [-0.4, -0.2) is 30.7 Å². The van der Waals surface area contributed by atoms with Crippen LogP contribution in [0.1, 0.15) is 6.42 Å². The molecule has 0 saturated heterocycles. The Bertz CT molecular complexity index is 200. The molecule has 0 rings (SSSR count). The Morgan fingerprint density at radius 2 is 2.00 bits per heavy atom. The van der Waals surface area contributed by atoms with Crippen LogP contribution in [0.5, 0.6) is 0 Å². The van der Waals surface area contributed by atoms with E-state index < -0.39 is 30.0 Å². The van der Waals surface area contributed by atoms with Crippen molar-refractivity contribution >= 4 is 11.9 Å². The summed E-state index contributed by atoms with van der Waals surface area (Å²) in [4.78, 5) is 29.7. The van der Waals surface area contributed by atoms with Gasteiger partial charge in [0, 0.05) is 0 Å². The molecule has 7 heteroatoms. The third-order valence-electron chi connectivity index (χ3n) is 0.847. The minimum Gasteiger partial charge on any atom is -0.469 e. The molecule has 0 amide bonds. The summed E-state index contributed by atoms with van der Waals surface area (Å²) in [5.41, 5.74) is 0. The molecule has 12 heavy (non-hydrogen) atoms. The van der Waals surface area contributed by atoms with Crippen LogP contribution in [0.15, 0.2) is 0 Å². The lowest BCUT2D eigenvalue weighted by Crippen LogP contribution is -2.16. The molecule has 0 aromatic carbocycles. The zero-order chi connectivity index (χ0) is 9.56. The van der Waals surface area contributed by atoms with Gasteiger partial charge in [0.25, 0.3) is 0 Å². The Hall–Kier alpha value is -1.66. The minimum atomic E-state index is -0.974. The van der Waals surface area contributed by atoms with E-state index in [2.05, 4.69) is 9.47 Å². The Morgan fingerprint density at radius 1 is 1.42 bits per heavy atom. The lowest BCUT2D eigenvalue weighted by atomic mass is 10.4. The summed E-state index contributed by atoms with van der Waals surface area (Å²) in [6.45, 7) is -0.935. The van der Waals surface area contributed by atoms with E-state index in [1.807, 2.05) is 0 Å². The highest BCUT2D eigenvalue weighted by atomic mass is 16.7. The van der Waals surface area contributed by atoms with Crippen LogP contribution < -0.4 is 0 Å². The lowest BCUT2D eigenvalue weighted by molar-refractivity contribution is -0.519. The third-order valence-corrected chi connectivity index (χ3v) is 0.847. The van der Waals surface area contributed by atoms with Gasteiger partial charge in [0.15, 0.2) is 0 Å². The van der Waals surface area contributed by atoms with Gasteiger partial charge in [-0.05, 0) is 0 Å². The average molecular weight is 177 g/mol. The van der Waals surface area contributed by atoms with Gasteiger partial charge in [0.05, 0.1) is 12.0 Å². The largest absolute Gasteiger partial charge is 0.469 e. The molecule has 68 valence electrons. The number of hydrogen-bond acceptors (Lipinski definition) is 6. The summed E-state index contributed by atoms with van der Waals surface area (Å²) in [5, 5.41) is 9.67. The first kappa shape index (κ1) is 10.3. The highest BCUT2D eigenvalue weighted by Crippen LogP contribution is 1.88. The van der Waals surface area contributed by atoms with E-state index in [4.69, 9.17) is 0 Å². The van der Waals surface area contributed by atoms with Crippen LogP contribution in [0.3, 0.4) is 0 Å². The maximum atomic E-state index is 10.5. The molecule has 0 fully saturated rings. The molecule has 0 heterocycles. The average Bonchev–Trinajstić information content (AvgIpc) is 2.00. The first-order chi connectivity index (χ1) is 5.56. The molecule has 0 radical (unpaired) electrons. The van der Waals surface area contributed by atoms with Gasteiger partial charge in [0.2, 0.25) is 0 Å². The SMILES string of the molecule is COC(=O)CC(=O)OC[N+](=O)[O-]. The normalized spacial score (nSPS) is 8.75. The van der Waals surface area contributed by atoms with Crippen molar-refractivity contribution in [1.29, 1.82) is 0 Å². The molecule has 0 aliphatic heterocycles. The van der Waals surface area contributed by atoms with Crippen LogP contribution in [0, 0.1) is 10.1 Å². The predicted molar refractivity (Wildman–Crippen MR) is 34.6 cm³/mol. The summed E-state index contributed by atoms with van der Waals surface area (Å²) >= 11 is 0. The van der Waals surface area contributed by atoms with Crippen molar-refractivity contribution in [2.24, 2.45) is 0 Å². The Morgan fingerprint density at radius 3 is 2.42 bits per heavy atom. The van der Waals surface area contributed by atoms with Gasteiger partial charge in [-0.15, -0.1) is 0 Å². The number of esters is 2. The monoisotopic (exact) mass is 177 g/mol. The van der Waals surface area contributed by atoms with E-state index in [1.165, 1.54) is 0 Å². The van der Waals surface area contributed by atoms with Crippen molar-refractivity contribution in [1.82, 2.24) is 0 Å². The standard InChI is InChI=1S/C5H7NO6/c1-11-4(7)2-5(8)12-3-6(9)10/h2-3H2,1H3. The molecule has 0 aromatic heterocycles. The maximum Gasteiger partial charge on any atom is 0.346 e. The molecule has 0 aliphatic carbocycles. The van der Waals surface area contributed by atoms with E-state index in [-0.39, 0.29) is 0 Å². The van der Waals surface area contributed by atoms with E-state index in [9.17, 15) is 19.7 Å². The molecule has 0 unspecified atom stereocenters. The molecule has 0 aliphatic rings. The smallest absolute Gasteiger partial charge is 0.346 e. The zero-order valence-electron chi connectivity index (χ0n) is 6.31. The molecule has 0 atom stereocenters. The first-order valence-corrected chi connectivity index (χ1v) is 2.90. The summed E-state index contributed by atoms with van der Waals surface area (Å²) < 4.78 is 8.16. The highest BCUT2D eigenvalue weighted by molar-refractivity contribution is 5.90. The summed E-state index contributed by atoms with van der Waals surface area (Å²) in [5.74, 6) is -1.76. The number of carbonyl (C=O) groups is 2. The second-order valence-electron chi connectivity index (χ2n) is 1.73. The van der Waals surface area contributed by atoms with Gasteiger partial charge in [-0.2, -0.15) is 0 Å². The second kappa shape index (κ2) is 5.05. The quantitative estimate of drug-likeness (QED) is 0.186. The number of carbonyl (C=O) groups excluding carboxylic acids is 2. The molecular weight excluding hydrogens is 170 g/mol. The number of methoxy groups -OCH3 is 1. The Balaban J connectivity index is 3.60. The summed E-state index contributed by atoms with van der Waals surface area (Å²) in [6, 6.07) is 0. The van der Waals surface area contributed by atoms with Crippen molar-refractivity contribution in [2.45, 2.75) is 6.42 Å². The van der Waals surface area contributed by atoms with Gasteiger partial charge in [-0.1, -0.05) is 0 Å². The number of nitrogens with zero attached hydrogens (tertiary/aromatic N) is 1. The fraction of sp³-hybridized carbons (Fsp3) is 0.600. The third kappa shape index (κ3) is 5.15. The van der Waals surface area contributed by atoms with Gasteiger partial charge in [-0.3, -0.25) is 19.7 Å². The van der Waals surface area contributed by atoms with Crippen LogP contribution in [0.2, 0.25) is 0 Å². The highest BCUT2D eigenvalue weighted by Gasteiger charge is 2.12. The van der Waals surface area contributed by atoms with Gasteiger partial charge in [-0.25, -0.2) is 0 Å². The van der Waals surface area contributed by atoms with Crippen molar-refractivity contribution in [3.05, 3.63) is 10.1 Å². The number of rotatable bonds is 4. The molecule has 0 bridgehead atoms. The maximum absolute atomic E-state index is 10.5. The van der Waals surface area contributed by atoms with Crippen LogP contribution in [0.4, 0.5) is 0 Å². The topological polar surface area (TPSA) is 95.7 Å². The van der Waals surface area contributed by atoms with Crippen molar-refractivity contribution in [3.63, 3.8) is 0 Å². The van der Waals surface area contributed by atoms with Gasteiger partial charge < -0.3 is 9.47 Å². The molecule has 0 aromatic rings. The van der Waals surface area contributed by atoms with E-state index in [0.29, 0.717) is 0 Å². The Labute approximate surface area is 67.4 Å². The van der Waals surface area contributed by atoms with Crippen LogP contribution in [-0.2, 0) is 19.1 Å². The second-order valence-corrected chi connectivity index (χ2v) is 1.73. The van der Waals surface area contributed by atoms with Crippen LogP contribution >= 0.6 is 0 Å². The molecule has 0 saturated carbocycles. The van der Waals surface area contributed by atoms with Crippen molar-refractivity contribution in [3.8, 4) is 0 Å². The molecule has 0 N–H and O–H groups in total. The van der Waals surface area contributed by atoms with Gasteiger partial charge in [0.1, 0.15) is 6.42 Å². The first-order valence-electron chi connectivity index (χ1n) is 2.90. The Kier molecular flexibility index (Phi) is 4.35. The fourth-order valence-corrected chi connectivity index (χ4v) is 0.366. The fourth-order valence-electron chi connectivity index (χ4n) is 0.366. The number of ether oxygens (including phenoxy) is 2. The van der Waals surface area contributed by atoms with Crippen molar-refractivity contribution < 1.29 is 24.0 Å².